The summed E-state index contributed by atoms with van der Waals surface area (Å²) >= 11 is 0. The second-order valence-electron chi connectivity index (χ2n) is 5.81. The van der Waals surface area contributed by atoms with Gasteiger partial charge in [0.25, 0.3) is 5.56 Å². The van der Waals surface area contributed by atoms with Crippen LogP contribution in [0.15, 0.2) is 49.0 Å². The molecule has 0 fully saturated rings. The first-order valence-electron chi connectivity index (χ1n) is 8.24. The molecule has 130 valence electrons. The van der Waals surface area contributed by atoms with E-state index in [0.29, 0.717) is 17.7 Å². The first-order valence-corrected chi connectivity index (χ1v) is 8.24. The summed E-state index contributed by atoms with van der Waals surface area (Å²) in [7, 11) is 0. The molecule has 7 heteroatoms. The van der Waals surface area contributed by atoms with Gasteiger partial charge < -0.3 is 9.25 Å². The molecule has 0 amide bonds. The Morgan fingerprint density at radius 3 is 3.00 bits per heavy atom. The summed E-state index contributed by atoms with van der Waals surface area (Å²) in [4.78, 5) is 35.9. The van der Waals surface area contributed by atoms with Gasteiger partial charge in [0.05, 0.1) is 5.71 Å². The Kier molecular flexibility index (Phi) is 4.92. The highest BCUT2D eigenvalue weighted by atomic mass is 16.6. The summed E-state index contributed by atoms with van der Waals surface area (Å²) in [6, 6.07) is 1.23. The number of fused-ring (bicyclic) bond motifs is 1. The van der Waals surface area contributed by atoms with Crippen molar-refractivity contribution in [2.24, 2.45) is 5.16 Å². The minimum absolute atomic E-state index is 0.0369. The number of aryl methyl sites for hydroxylation is 1. The molecule has 0 unspecified atom stereocenters. The molecule has 0 atom stereocenters. The zero-order valence-electron chi connectivity index (χ0n) is 14.2. The van der Waals surface area contributed by atoms with E-state index in [4.69, 9.17) is 9.25 Å². The topological polar surface area (TPSA) is 97.5 Å². The molecule has 1 aliphatic rings. The first-order chi connectivity index (χ1) is 12.1. The van der Waals surface area contributed by atoms with Gasteiger partial charge in [-0.15, -0.1) is 0 Å². The third-order valence-corrected chi connectivity index (χ3v) is 3.93. The maximum atomic E-state index is 12.4. The Morgan fingerprint density at radius 2 is 2.28 bits per heavy atom. The molecule has 0 spiro atoms. The average Bonchev–Trinajstić information content (AvgIpc) is 3.11. The lowest BCUT2D eigenvalue weighted by atomic mass is 10.1. The molecule has 0 saturated heterocycles. The minimum Gasteiger partial charge on any atom is -0.403 e. The number of aromatic amines is 1. The van der Waals surface area contributed by atoms with Gasteiger partial charge in [0, 0.05) is 6.07 Å². The Labute approximate surface area is 143 Å². The third-order valence-electron chi connectivity index (χ3n) is 3.93. The van der Waals surface area contributed by atoms with Crippen molar-refractivity contribution >= 4 is 16.8 Å². The lowest BCUT2D eigenvalue weighted by Crippen LogP contribution is -2.15. The van der Waals surface area contributed by atoms with E-state index >= 15 is 0 Å². The number of nitrogens with one attached hydrogen (secondary N) is 1. The molecule has 2 heterocycles. The highest BCUT2D eigenvalue weighted by molar-refractivity contribution is 6.00. The predicted molar refractivity (Wildman–Crippen MR) is 95.1 cm³/mol. The fourth-order valence-corrected chi connectivity index (χ4v) is 2.63. The molecule has 0 bridgehead atoms. The van der Waals surface area contributed by atoms with Crippen LogP contribution in [0.5, 0.6) is 6.01 Å². The quantitative estimate of drug-likeness (QED) is 0.643. The molecular formula is C18H19N3O4. The van der Waals surface area contributed by atoms with Gasteiger partial charge in [0.2, 0.25) is 5.71 Å². The molecule has 3 rings (SSSR count). The van der Waals surface area contributed by atoms with Gasteiger partial charge >= 0.3 is 11.6 Å². The van der Waals surface area contributed by atoms with Crippen LogP contribution in [0.2, 0.25) is 0 Å². The van der Waals surface area contributed by atoms with Crippen molar-refractivity contribution in [1.29, 1.82) is 0 Å². The lowest BCUT2D eigenvalue weighted by Gasteiger charge is -2.05. The fraction of sp³-hybridized carbons (Fsp3) is 0.333. The number of nitrogens with zero attached hydrogens (tertiary/aromatic N) is 2. The number of aromatic nitrogens is 2. The molecule has 25 heavy (non-hydrogen) atoms. The number of hydrogen-bond acceptors (Lipinski definition) is 6. The maximum Gasteiger partial charge on any atom is 0.337 e. The predicted octanol–water partition coefficient (Wildman–Crippen LogP) is 2.86. The van der Waals surface area contributed by atoms with E-state index in [1.165, 1.54) is 6.07 Å². The summed E-state index contributed by atoms with van der Waals surface area (Å²) in [5.74, 6) is 0. The molecule has 2 aromatic rings. The summed E-state index contributed by atoms with van der Waals surface area (Å²) in [6.07, 6.45) is 9.25. The SMILES string of the molecule is CCCCc1cc(=O)oc2nc(O/N=C(/C)C3=CCC=C3)[nH]c(=O)c12. The van der Waals surface area contributed by atoms with E-state index in [-0.39, 0.29) is 17.1 Å². The number of H-pyrrole nitrogens is 1. The van der Waals surface area contributed by atoms with Crippen molar-refractivity contribution in [3.63, 3.8) is 0 Å². The summed E-state index contributed by atoms with van der Waals surface area (Å²) < 4.78 is 5.07. The van der Waals surface area contributed by atoms with E-state index in [1.54, 1.807) is 6.92 Å². The zero-order chi connectivity index (χ0) is 17.8. The van der Waals surface area contributed by atoms with E-state index in [2.05, 4.69) is 15.1 Å². The molecule has 1 aliphatic carbocycles. The van der Waals surface area contributed by atoms with Crippen LogP contribution in [0.3, 0.4) is 0 Å². The van der Waals surface area contributed by atoms with Crippen molar-refractivity contribution in [1.82, 2.24) is 9.97 Å². The van der Waals surface area contributed by atoms with E-state index < -0.39 is 11.2 Å². The summed E-state index contributed by atoms with van der Waals surface area (Å²) in [5, 5.41) is 4.24. The van der Waals surface area contributed by atoms with Gasteiger partial charge in [-0.1, -0.05) is 36.7 Å². The Balaban J connectivity index is 1.96. The van der Waals surface area contributed by atoms with E-state index in [1.807, 2.05) is 25.2 Å². The highest BCUT2D eigenvalue weighted by Crippen LogP contribution is 2.16. The number of unbranched alkanes of at least 4 members (excludes halogenated alkanes) is 1. The molecule has 0 aromatic carbocycles. The Bertz CT molecular complexity index is 996. The monoisotopic (exact) mass is 341 g/mol. The van der Waals surface area contributed by atoms with Crippen LogP contribution in [0.1, 0.15) is 38.7 Å². The van der Waals surface area contributed by atoms with Crippen molar-refractivity contribution in [2.75, 3.05) is 0 Å². The van der Waals surface area contributed by atoms with Crippen LogP contribution in [0.25, 0.3) is 11.1 Å². The van der Waals surface area contributed by atoms with Crippen LogP contribution in [0.4, 0.5) is 0 Å². The molecule has 2 aromatic heterocycles. The molecule has 0 radical (unpaired) electrons. The molecule has 0 saturated carbocycles. The van der Waals surface area contributed by atoms with Crippen LogP contribution in [-0.4, -0.2) is 15.7 Å². The Hall–Kier alpha value is -2.96. The van der Waals surface area contributed by atoms with Crippen molar-refractivity contribution in [3.05, 3.63) is 56.2 Å². The largest absolute Gasteiger partial charge is 0.403 e. The number of hydrogen-bond donors (Lipinski definition) is 1. The normalized spacial score (nSPS) is 14.2. The highest BCUT2D eigenvalue weighted by Gasteiger charge is 2.13. The second kappa shape index (κ2) is 7.29. The Morgan fingerprint density at radius 1 is 1.44 bits per heavy atom. The third kappa shape index (κ3) is 3.76. The number of oxime groups is 1. The minimum atomic E-state index is -0.538. The second-order valence-corrected chi connectivity index (χ2v) is 5.81. The van der Waals surface area contributed by atoms with Crippen molar-refractivity contribution in [3.8, 4) is 6.01 Å². The van der Waals surface area contributed by atoms with Crippen molar-refractivity contribution in [2.45, 2.75) is 39.5 Å². The van der Waals surface area contributed by atoms with Crippen LogP contribution < -0.4 is 16.0 Å². The molecular weight excluding hydrogens is 322 g/mol. The van der Waals surface area contributed by atoms with E-state index in [9.17, 15) is 9.59 Å². The van der Waals surface area contributed by atoms with Gasteiger partial charge in [-0.3, -0.25) is 9.78 Å². The smallest absolute Gasteiger partial charge is 0.337 e. The summed E-state index contributed by atoms with van der Waals surface area (Å²) in [6.45, 7) is 3.83. The van der Waals surface area contributed by atoms with Gasteiger partial charge in [-0.2, -0.15) is 4.98 Å². The first kappa shape index (κ1) is 16.9. The fourth-order valence-electron chi connectivity index (χ4n) is 2.63. The summed E-state index contributed by atoms with van der Waals surface area (Å²) in [5.41, 5.74) is 1.26. The zero-order valence-corrected chi connectivity index (χ0v) is 14.2. The standard InChI is InChI=1S/C18H19N3O4/c1-3-4-7-13-10-14(22)24-17-15(13)16(23)19-18(20-17)25-21-11(2)12-8-5-6-9-12/h5,8-10H,3-4,6-7H2,1-2H3,(H,19,20,23)/b21-11-. The lowest BCUT2D eigenvalue weighted by molar-refractivity contribution is 0.311. The number of allylic oxidation sites excluding steroid dienone is 4. The maximum absolute atomic E-state index is 12.4. The number of rotatable bonds is 6. The molecule has 7 nitrogen and oxygen atoms in total. The van der Waals surface area contributed by atoms with Crippen LogP contribution >= 0.6 is 0 Å². The molecule has 1 N–H and O–H groups in total. The van der Waals surface area contributed by atoms with Gasteiger partial charge in [-0.05, 0) is 37.3 Å². The van der Waals surface area contributed by atoms with Crippen LogP contribution in [-0.2, 0) is 6.42 Å². The molecule has 0 aliphatic heterocycles. The van der Waals surface area contributed by atoms with Crippen LogP contribution in [0, 0.1) is 0 Å². The van der Waals surface area contributed by atoms with Gasteiger partial charge in [0.15, 0.2) is 0 Å². The van der Waals surface area contributed by atoms with Gasteiger partial charge in [-0.25, -0.2) is 4.79 Å². The van der Waals surface area contributed by atoms with E-state index in [0.717, 1.165) is 24.8 Å². The van der Waals surface area contributed by atoms with Crippen molar-refractivity contribution < 1.29 is 9.25 Å². The average molecular weight is 341 g/mol. The van der Waals surface area contributed by atoms with Gasteiger partial charge in [0.1, 0.15) is 5.39 Å².